The number of carbonyl (C=O) groups excluding carboxylic acids is 1. The van der Waals surface area contributed by atoms with Gasteiger partial charge in [-0.3, -0.25) is 0 Å². The van der Waals surface area contributed by atoms with Crippen molar-refractivity contribution in [3.05, 3.63) is 108 Å². The topological polar surface area (TPSA) is 102 Å². The zero-order valence-electron chi connectivity index (χ0n) is 25.4. The van der Waals surface area contributed by atoms with Crippen molar-refractivity contribution >= 4 is 11.7 Å². The number of nitrogens with zero attached hydrogens (tertiary/aromatic N) is 7. The molecule has 0 saturated carbocycles. The van der Waals surface area contributed by atoms with Crippen LogP contribution in [0.2, 0.25) is 0 Å². The largest absolute Gasteiger partial charge is 0.451 e. The Morgan fingerprint density at radius 3 is 2.25 bits per heavy atom. The van der Waals surface area contributed by atoms with Crippen molar-refractivity contribution in [2.45, 2.75) is 44.6 Å². The van der Waals surface area contributed by atoms with Gasteiger partial charge in [0.1, 0.15) is 5.82 Å². The Bertz CT molecular complexity index is 1900. The van der Waals surface area contributed by atoms with Crippen molar-refractivity contribution in [2.75, 3.05) is 18.4 Å². The molecule has 4 heterocycles. The molecule has 1 aliphatic heterocycles. The van der Waals surface area contributed by atoms with E-state index in [1.54, 1.807) is 23.6 Å². The standard InChI is InChI=1S/C33H28F6N8O/c1-20-5-7-21(8-6-20)28-29(22-17-41-27(42-18-22)16-25-9-12-40-30(44-25)33(37,38)39)47(19-43-28)26-10-13-46(14-11-26)31(48)45-24-4-2-3-23(15-24)32(34,35)36/h2-9,12,15,17-19,26H,10-11,13-14,16H2,1H3,(H,45,48). The van der Waals surface area contributed by atoms with E-state index in [0.29, 0.717) is 37.2 Å². The predicted octanol–water partition coefficient (Wildman–Crippen LogP) is 7.60. The zero-order chi connectivity index (χ0) is 34.1. The summed E-state index contributed by atoms with van der Waals surface area (Å²) in [7, 11) is 0. The number of nitrogens with one attached hydrogen (secondary N) is 1. The summed E-state index contributed by atoms with van der Waals surface area (Å²) in [4.78, 5) is 35.0. The summed E-state index contributed by atoms with van der Waals surface area (Å²) in [6, 6.07) is 13.1. The molecule has 1 fully saturated rings. The van der Waals surface area contributed by atoms with Crippen molar-refractivity contribution in [2.24, 2.45) is 0 Å². The Kier molecular flexibility index (Phi) is 8.86. The Hall–Kier alpha value is -5.34. The molecule has 5 aromatic rings. The van der Waals surface area contributed by atoms with Crippen LogP contribution in [0, 0.1) is 6.92 Å². The quantitative estimate of drug-likeness (QED) is 0.187. The number of aromatic nitrogens is 6. The highest BCUT2D eigenvalue weighted by molar-refractivity contribution is 5.89. The molecule has 0 radical (unpaired) electrons. The molecule has 0 aliphatic carbocycles. The summed E-state index contributed by atoms with van der Waals surface area (Å²) in [5.74, 6) is -0.962. The molecule has 0 bridgehead atoms. The summed E-state index contributed by atoms with van der Waals surface area (Å²) in [5, 5.41) is 2.57. The van der Waals surface area contributed by atoms with Crippen LogP contribution in [0.5, 0.6) is 0 Å². The number of amides is 2. The minimum atomic E-state index is -4.67. The third-order valence-electron chi connectivity index (χ3n) is 7.99. The smallest absolute Gasteiger partial charge is 0.327 e. The molecule has 48 heavy (non-hydrogen) atoms. The summed E-state index contributed by atoms with van der Waals surface area (Å²) in [5.41, 5.74) is 3.31. The number of anilines is 1. The summed E-state index contributed by atoms with van der Waals surface area (Å²) in [6.45, 7) is 2.67. The SMILES string of the molecule is Cc1ccc(-c2ncn(C3CCN(C(=O)Nc4cccc(C(F)(F)F)c4)CC3)c2-c2cnc(Cc3ccnc(C(F)(F)F)n3)nc2)cc1. The first-order valence-corrected chi connectivity index (χ1v) is 14.9. The van der Waals surface area contributed by atoms with Crippen molar-refractivity contribution < 1.29 is 31.1 Å². The molecule has 248 valence electrons. The molecule has 3 aromatic heterocycles. The van der Waals surface area contributed by atoms with Crippen LogP contribution in [0.3, 0.4) is 0 Å². The number of imidazole rings is 1. The number of benzene rings is 2. The summed E-state index contributed by atoms with van der Waals surface area (Å²) in [6.07, 6.45) is -2.18. The van der Waals surface area contributed by atoms with E-state index < -0.39 is 29.8 Å². The average molecular weight is 667 g/mol. The Balaban J connectivity index is 1.22. The van der Waals surface area contributed by atoms with Gasteiger partial charge < -0.3 is 14.8 Å². The number of carbonyl (C=O) groups is 1. The third-order valence-corrected chi connectivity index (χ3v) is 7.99. The van der Waals surface area contributed by atoms with Crippen molar-refractivity contribution in [3.8, 4) is 22.5 Å². The summed E-state index contributed by atoms with van der Waals surface area (Å²) >= 11 is 0. The second kappa shape index (κ2) is 13.0. The second-order valence-corrected chi connectivity index (χ2v) is 11.4. The normalized spacial score (nSPS) is 14.3. The number of alkyl halides is 6. The van der Waals surface area contributed by atoms with Crippen molar-refractivity contribution in [1.29, 1.82) is 0 Å². The van der Waals surface area contributed by atoms with Gasteiger partial charge in [0.25, 0.3) is 0 Å². The van der Waals surface area contributed by atoms with E-state index in [4.69, 9.17) is 4.98 Å². The lowest BCUT2D eigenvalue weighted by Crippen LogP contribution is -2.41. The highest BCUT2D eigenvalue weighted by atomic mass is 19.4. The van der Waals surface area contributed by atoms with Crippen molar-refractivity contribution in [1.82, 2.24) is 34.4 Å². The first-order chi connectivity index (χ1) is 22.8. The highest BCUT2D eigenvalue weighted by Gasteiger charge is 2.35. The van der Waals surface area contributed by atoms with Crippen molar-refractivity contribution in [3.63, 3.8) is 0 Å². The first kappa shape index (κ1) is 32.6. The number of aryl methyl sites for hydroxylation is 1. The van der Waals surface area contributed by atoms with E-state index in [1.807, 2.05) is 35.8 Å². The number of urea groups is 1. The molecular weight excluding hydrogens is 638 g/mol. The monoisotopic (exact) mass is 666 g/mol. The minimum absolute atomic E-state index is 0.0308. The molecule has 2 amide bonds. The number of halogens is 6. The molecule has 1 N–H and O–H groups in total. The molecule has 15 heteroatoms. The number of hydrogen-bond acceptors (Lipinski definition) is 6. The Labute approximate surface area is 270 Å². The molecule has 0 spiro atoms. The molecule has 1 saturated heterocycles. The van der Waals surface area contributed by atoms with Gasteiger partial charge in [0, 0.05) is 54.5 Å². The first-order valence-electron chi connectivity index (χ1n) is 14.9. The zero-order valence-corrected chi connectivity index (χ0v) is 25.4. The van der Waals surface area contributed by atoms with Gasteiger partial charge in [0.15, 0.2) is 0 Å². The van der Waals surface area contributed by atoms with Crippen LogP contribution < -0.4 is 5.32 Å². The van der Waals surface area contributed by atoms with Crippen LogP contribution in [0.15, 0.2) is 79.5 Å². The number of piperidine rings is 1. The fraction of sp³-hybridized carbons (Fsp3) is 0.273. The predicted molar refractivity (Wildman–Crippen MR) is 164 cm³/mol. The van der Waals surface area contributed by atoms with E-state index in [-0.39, 0.29) is 29.7 Å². The van der Waals surface area contributed by atoms with Crippen LogP contribution >= 0.6 is 0 Å². The van der Waals surface area contributed by atoms with Crippen LogP contribution in [-0.4, -0.2) is 53.5 Å². The van der Waals surface area contributed by atoms with E-state index >= 15 is 0 Å². The maximum Gasteiger partial charge on any atom is 0.451 e. The number of rotatable bonds is 6. The number of hydrogen-bond donors (Lipinski definition) is 1. The van der Waals surface area contributed by atoms with Gasteiger partial charge >= 0.3 is 18.4 Å². The third kappa shape index (κ3) is 7.29. The molecule has 9 nitrogen and oxygen atoms in total. The van der Waals surface area contributed by atoms with Gasteiger partial charge in [0.05, 0.1) is 35.4 Å². The van der Waals surface area contributed by atoms with Gasteiger partial charge in [0.2, 0.25) is 5.82 Å². The molecule has 2 aromatic carbocycles. The van der Waals surface area contributed by atoms with Gasteiger partial charge in [-0.15, -0.1) is 0 Å². The Morgan fingerprint density at radius 2 is 1.58 bits per heavy atom. The maximum absolute atomic E-state index is 13.1. The molecule has 0 atom stereocenters. The fourth-order valence-electron chi connectivity index (χ4n) is 5.53. The van der Waals surface area contributed by atoms with Crippen LogP contribution in [0.25, 0.3) is 22.5 Å². The van der Waals surface area contributed by atoms with E-state index in [0.717, 1.165) is 35.2 Å². The second-order valence-electron chi connectivity index (χ2n) is 11.4. The fourth-order valence-corrected chi connectivity index (χ4v) is 5.53. The van der Waals surface area contributed by atoms with Crippen LogP contribution in [0.4, 0.5) is 36.8 Å². The van der Waals surface area contributed by atoms with E-state index in [2.05, 4.69) is 25.3 Å². The Morgan fingerprint density at radius 1 is 0.875 bits per heavy atom. The van der Waals surface area contributed by atoms with E-state index in [9.17, 15) is 31.1 Å². The average Bonchev–Trinajstić information content (AvgIpc) is 3.50. The van der Waals surface area contributed by atoms with Gasteiger partial charge in [-0.2, -0.15) is 26.3 Å². The lowest BCUT2D eigenvalue weighted by molar-refractivity contribution is -0.145. The lowest BCUT2D eigenvalue weighted by atomic mass is 10.0. The number of likely N-dealkylation sites (tertiary alicyclic amines) is 1. The van der Waals surface area contributed by atoms with Gasteiger partial charge in [-0.1, -0.05) is 35.9 Å². The maximum atomic E-state index is 13.1. The molecule has 1 aliphatic rings. The van der Waals surface area contributed by atoms with Gasteiger partial charge in [-0.05, 0) is 44.0 Å². The van der Waals surface area contributed by atoms with Crippen LogP contribution in [0.1, 0.15) is 47.4 Å². The van der Waals surface area contributed by atoms with Gasteiger partial charge in [-0.25, -0.2) is 29.7 Å². The van der Waals surface area contributed by atoms with E-state index in [1.165, 1.54) is 18.2 Å². The molecule has 6 rings (SSSR count). The summed E-state index contributed by atoms with van der Waals surface area (Å²) < 4.78 is 80.6. The van der Waals surface area contributed by atoms with Crippen LogP contribution in [-0.2, 0) is 18.8 Å². The molecule has 0 unspecified atom stereocenters. The lowest BCUT2D eigenvalue weighted by Gasteiger charge is -2.33. The minimum Gasteiger partial charge on any atom is -0.327 e. The highest BCUT2D eigenvalue weighted by Crippen LogP contribution is 2.36. The molecular formula is C33H28F6N8O.